The van der Waals surface area contributed by atoms with E-state index in [9.17, 15) is 23.1 Å². The molecule has 0 aliphatic heterocycles. The SMILES string of the molecule is CCCCCCCCCCCCCCCc1cccc(S(=O)(=O)C(CCCC)C(=O)Nc2cc(O)c(NC(=O)c3ccc(Cl)c(Cl)c3)cc2Cl)c1. The van der Waals surface area contributed by atoms with E-state index in [0.717, 1.165) is 24.8 Å². The summed E-state index contributed by atoms with van der Waals surface area (Å²) in [4.78, 5) is 26.4. The molecular weight excluding hydrogens is 727 g/mol. The highest BCUT2D eigenvalue weighted by atomic mass is 35.5. The number of unbranched alkanes of at least 4 members (excludes halogenated alkanes) is 13. The van der Waals surface area contributed by atoms with E-state index in [1.165, 1.54) is 101 Å². The second kappa shape index (κ2) is 22.3. The topological polar surface area (TPSA) is 113 Å². The second-order valence-corrected chi connectivity index (χ2v) is 16.6. The number of aryl methyl sites for hydroxylation is 1. The van der Waals surface area contributed by atoms with Crippen LogP contribution in [0.3, 0.4) is 0 Å². The first-order valence-corrected chi connectivity index (χ1v) is 21.1. The average molecular weight is 780 g/mol. The summed E-state index contributed by atoms with van der Waals surface area (Å²) in [5, 5.41) is 14.9. The first-order valence-electron chi connectivity index (χ1n) is 18.4. The van der Waals surface area contributed by atoms with Crippen molar-refractivity contribution in [3.8, 4) is 5.75 Å². The van der Waals surface area contributed by atoms with E-state index < -0.39 is 26.9 Å². The number of benzene rings is 3. The Balaban J connectivity index is 1.58. The molecule has 0 radical (unpaired) electrons. The largest absolute Gasteiger partial charge is 0.506 e. The number of rotatable bonds is 23. The van der Waals surface area contributed by atoms with Crippen LogP contribution in [0.15, 0.2) is 59.5 Å². The van der Waals surface area contributed by atoms with Crippen molar-refractivity contribution in [1.29, 1.82) is 0 Å². The molecule has 0 saturated heterocycles. The molecule has 0 aliphatic rings. The van der Waals surface area contributed by atoms with Crippen molar-refractivity contribution < 1.29 is 23.1 Å². The summed E-state index contributed by atoms with van der Waals surface area (Å²) in [6.07, 6.45) is 18.6. The molecule has 51 heavy (non-hydrogen) atoms. The number of hydrogen-bond donors (Lipinski definition) is 3. The van der Waals surface area contributed by atoms with E-state index >= 15 is 0 Å². The highest BCUT2D eigenvalue weighted by Gasteiger charge is 2.34. The van der Waals surface area contributed by atoms with E-state index in [0.29, 0.717) is 12.8 Å². The molecule has 0 fully saturated rings. The highest BCUT2D eigenvalue weighted by Crippen LogP contribution is 2.35. The lowest BCUT2D eigenvalue weighted by molar-refractivity contribution is -0.116. The summed E-state index contributed by atoms with van der Waals surface area (Å²) in [5.74, 6) is -1.70. The van der Waals surface area contributed by atoms with E-state index in [2.05, 4.69) is 17.6 Å². The first-order chi connectivity index (χ1) is 24.5. The Morgan fingerprint density at radius 2 is 1.27 bits per heavy atom. The van der Waals surface area contributed by atoms with E-state index in [1.54, 1.807) is 18.2 Å². The molecular formula is C40H53Cl3N2O5S. The van der Waals surface area contributed by atoms with Crippen LogP contribution in [-0.4, -0.2) is 30.6 Å². The van der Waals surface area contributed by atoms with Gasteiger partial charge < -0.3 is 15.7 Å². The predicted molar refractivity (Wildman–Crippen MR) is 213 cm³/mol. The van der Waals surface area contributed by atoms with E-state index in [1.807, 2.05) is 13.0 Å². The zero-order valence-corrected chi connectivity index (χ0v) is 33.0. The molecule has 3 aromatic rings. The summed E-state index contributed by atoms with van der Waals surface area (Å²) in [6.45, 7) is 4.18. The Bertz CT molecular complexity index is 1680. The van der Waals surface area contributed by atoms with Crippen LogP contribution >= 0.6 is 34.8 Å². The van der Waals surface area contributed by atoms with Gasteiger partial charge in [-0.05, 0) is 61.2 Å². The third-order valence-corrected chi connectivity index (χ3v) is 12.2. The number of anilines is 2. The van der Waals surface area contributed by atoms with Gasteiger partial charge in [0.05, 0.1) is 31.3 Å². The Kier molecular flexibility index (Phi) is 18.7. The van der Waals surface area contributed by atoms with Gasteiger partial charge in [0.15, 0.2) is 9.84 Å². The maximum atomic E-state index is 13.9. The van der Waals surface area contributed by atoms with Crippen LogP contribution < -0.4 is 10.6 Å². The smallest absolute Gasteiger partial charge is 0.255 e. The predicted octanol–water partition coefficient (Wildman–Crippen LogP) is 12.2. The fourth-order valence-corrected chi connectivity index (χ4v) is 8.25. The van der Waals surface area contributed by atoms with Crippen molar-refractivity contribution in [2.45, 2.75) is 133 Å². The molecule has 2 amide bonds. The Hall–Kier alpha value is -2.78. The number of phenols is 1. The highest BCUT2D eigenvalue weighted by molar-refractivity contribution is 7.92. The van der Waals surface area contributed by atoms with Gasteiger partial charge in [0.25, 0.3) is 5.91 Å². The van der Waals surface area contributed by atoms with Crippen LogP contribution in [0, 0.1) is 0 Å². The molecule has 0 saturated carbocycles. The Labute approximate surface area is 319 Å². The average Bonchev–Trinajstić information content (AvgIpc) is 3.10. The number of carbonyl (C=O) groups excluding carboxylic acids is 2. The molecule has 0 aromatic heterocycles. The number of halogens is 3. The lowest BCUT2D eigenvalue weighted by atomic mass is 10.0. The lowest BCUT2D eigenvalue weighted by Crippen LogP contribution is -2.35. The molecule has 11 heteroatoms. The maximum Gasteiger partial charge on any atom is 0.255 e. The van der Waals surface area contributed by atoms with Crippen molar-refractivity contribution in [2.75, 3.05) is 10.6 Å². The number of carbonyl (C=O) groups is 2. The summed E-state index contributed by atoms with van der Waals surface area (Å²) in [7, 11) is -4.05. The third kappa shape index (κ3) is 13.9. The van der Waals surface area contributed by atoms with Gasteiger partial charge in [0.2, 0.25) is 5.91 Å². The van der Waals surface area contributed by atoms with E-state index in [4.69, 9.17) is 34.8 Å². The fourth-order valence-electron chi connectivity index (χ4n) is 6.01. The first kappa shape index (κ1) is 42.6. The van der Waals surface area contributed by atoms with Gasteiger partial charge in [-0.2, -0.15) is 0 Å². The number of aromatic hydroxyl groups is 1. The maximum absolute atomic E-state index is 13.9. The number of hydrogen-bond acceptors (Lipinski definition) is 5. The van der Waals surface area contributed by atoms with Crippen molar-refractivity contribution in [1.82, 2.24) is 0 Å². The molecule has 0 aliphatic carbocycles. The van der Waals surface area contributed by atoms with Gasteiger partial charge in [-0.25, -0.2) is 8.42 Å². The normalized spacial score (nSPS) is 12.1. The van der Waals surface area contributed by atoms with E-state index in [-0.39, 0.29) is 49.1 Å². The second-order valence-electron chi connectivity index (χ2n) is 13.2. The zero-order valence-electron chi connectivity index (χ0n) is 29.9. The molecule has 1 atom stereocenters. The van der Waals surface area contributed by atoms with Gasteiger partial charge >= 0.3 is 0 Å². The van der Waals surface area contributed by atoms with Crippen molar-refractivity contribution in [2.24, 2.45) is 0 Å². The third-order valence-electron chi connectivity index (χ3n) is 9.06. The Morgan fingerprint density at radius 3 is 1.88 bits per heavy atom. The number of nitrogens with one attached hydrogen (secondary N) is 2. The quantitative estimate of drug-likeness (QED) is 0.0655. The van der Waals surface area contributed by atoms with Crippen LogP contribution in [0.2, 0.25) is 15.1 Å². The fraction of sp³-hybridized carbons (Fsp3) is 0.500. The van der Waals surface area contributed by atoms with Crippen molar-refractivity contribution in [3.05, 3.63) is 80.8 Å². The zero-order chi connectivity index (χ0) is 37.2. The standard InChI is InChI=1S/C40H53Cl3N2O5S/c1-3-5-7-8-9-10-11-12-13-14-15-16-17-19-29-20-18-21-31(25-29)51(49,50)38(22-6-4-2)40(48)44-35-28-37(46)36(27-34(35)43)45-39(47)30-23-24-32(41)33(42)26-30/h18,20-21,23-28,38,46H,3-17,19,22H2,1-2H3,(H,44,48)(H,45,47). The minimum Gasteiger partial charge on any atom is -0.506 e. The lowest BCUT2D eigenvalue weighted by Gasteiger charge is -2.19. The number of sulfone groups is 1. The van der Waals surface area contributed by atoms with Crippen molar-refractivity contribution >= 4 is 67.8 Å². The van der Waals surface area contributed by atoms with Gasteiger partial charge in [-0.15, -0.1) is 0 Å². The van der Waals surface area contributed by atoms with Crippen LogP contribution in [0.25, 0.3) is 0 Å². The minimum atomic E-state index is -4.05. The number of phenolic OH excluding ortho intramolecular Hbond substituents is 1. The van der Waals surface area contributed by atoms with Crippen molar-refractivity contribution in [3.63, 3.8) is 0 Å². The minimum absolute atomic E-state index is 0.00275. The monoisotopic (exact) mass is 778 g/mol. The van der Waals surface area contributed by atoms with Crippen LogP contribution in [0.5, 0.6) is 5.75 Å². The molecule has 3 rings (SSSR count). The van der Waals surface area contributed by atoms with Crippen LogP contribution in [0.1, 0.15) is 133 Å². The number of amides is 2. The van der Waals surface area contributed by atoms with Crippen LogP contribution in [0.4, 0.5) is 11.4 Å². The molecule has 3 N–H and O–H groups in total. The Morgan fingerprint density at radius 1 is 0.667 bits per heavy atom. The van der Waals surface area contributed by atoms with Gasteiger partial charge in [0, 0.05) is 11.6 Å². The molecule has 0 bridgehead atoms. The molecule has 280 valence electrons. The summed E-state index contributed by atoms with van der Waals surface area (Å²) in [6, 6.07) is 13.7. The molecule has 0 spiro atoms. The molecule has 7 nitrogen and oxygen atoms in total. The summed E-state index contributed by atoms with van der Waals surface area (Å²) in [5.41, 5.74) is 1.14. The van der Waals surface area contributed by atoms with Gasteiger partial charge in [0.1, 0.15) is 11.0 Å². The van der Waals surface area contributed by atoms with Crippen LogP contribution in [-0.2, 0) is 21.1 Å². The molecule has 0 heterocycles. The summed E-state index contributed by atoms with van der Waals surface area (Å²) < 4.78 is 27.8. The molecule has 3 aromatic carbocycles. The summed E-state index contributed by atoms with van der Waals surface area (Å²) >= 11 is 18.4. The van der Waals surface area contributed by atoms with Gasteiger partial charge in [-0.1, -0.05) is 151 Å². The van der Waals surface area contributed by atoms with Gasteiger partial charge in [-0.3, -0.25) is 9.59 Å². The molecule has 1 unspecified atom stereocenters.